The lowest BCUT2D eigenvalue weighted by atomic mass is 9.98. The average molecular weight is 385 g/mol. The Labute approximate surface area is 151 Å². The van der Waals surface area contributed by atoms with Crippen molar-refractivity contribution in [3.05, 3.63) is 27.8 Å². The van der Waals surface area contributed by atoms with Gasteiger partial charge in [-0.15, -0.1) is 6.58 Å². The lowest BCUT2D eigenvalue weighted by Gasteiger charge is -2.40. The van der Waals surface area contributed by atoms with Gasteiger partial charge in [0.2, 0.25) is 5.95 Å². The maximum atomic E-state index is 12.3. The molecule has 3 rings (SSSR count). The Kier molecular flexibility index (Phi) is 4.96. The van der Waals surface area contributed by atoms with Crippen molar-refractivity contribution in [3.8, 4) is 0 Å². The van der Waals surface area contributed by atoms with E-state index in [1.807, 2.05) is 0 Å². The molecule has 26 heavy (non-hydrogen) atoms. The van der Waals surface area contributed by atoms with Crippen molar-refractivity contribution in [3.63, 3.8) is 0 Å². The number of hydrogen-bond donors (Lipinski definition) is 6. The number of aromatic nitrogens is 4. The largest absolute Gasteiger partial charge is 0.394 e. The van der Waals surface area contributed by atoms with Gasteiger partial charge in [0.05, 0.1) is 6.61 Å². The number of nitrogens with zero attached hydrogens (tertiary/aromatic N) is 3. The number of fused-ring (bicyclic) bond motifs is 1. The number of rotatable bonds is 4. The molecule has 7 N–H and O–H groups in total. The van der Waals surface area contributed by atoms with Crippen LogP contribution in [0.1, 0.15) is 6.23 Å². The van der Waals surface area contributed by atoms with Crippen LogP contribution in [0.2, 0.25) is 0 Å². The molecular formula is C14H19N5O6S. The molecule has 12 heteroatoms. The minimum absolute atomic E-state index is 0.0300. The van der Waals surface area contributed by atoms with Crippen LogP contribution in [0.5, 0.6) is 0 Å². The molecule has 1 fully saturated rings. The number of imidazole rings is 1. The van der Waals surface area contributed by atoms with Gasteiger partial charge in [-0.2, -0.15) is 4.98 Å². The molecule has 142 valence electrons. The first-order chi connectivity index (χ1) is 12.3. The van der Waals surface area contributed by atoms with E-state index in [1.54, 1.807) is 0 Å². The van der Waals surface area contributed by atoms with Crippen LogP contribution in [0.25, 0.3) is 11.2 Å². The summed E-state index contributed by atoms with van der Waals surface area (Å²) in [7, 11) is 0. The van der Waals surface area contributed by atoms with Gasteiger partial charge in [0, 0.05) is 6.54 Å². The van der Waals surface area contributed by atoms with Crippen LogP contribution in [0, 0.1) is 4.77 Å². The minimum atomic E-state index is -1.61. The third-order valence-electron chi connectivity index (χ3n) is 4.26. The molecule has 5 atom stereocenters. The van der Waals surface area contributed by atoms with E-state index in [0.717, 1.165) is 0 Å². The van der Waals surface area contributed by atoms with Gasteiger partial charge in [-0.25, -0.2) is 0 Å². The number of nitrogens with one attached hydrogen (secondary N) is 1. The number of ether oxygens (including phenoxy) is 1. The Morgan fingerprint density at radius 2 is 2.04 bits per heavy atom. The highest BCUT2D eigenvalue weighted by Gasteiger charge is 2.45. The normalized spacial score (nSPS) is 29.2. The number of H-pyrrole nitrogens is 1. The third-order valence-corrected chi connectivity index (χ3v) is 4.68. The van der Waals surface area contributed by atoms with Gasteiger partial charge in [0.25, 0.3) is 5.56 Å². The summed E-state index contributed by atoms with van der Waals surface area (Å²) < 4.78 is 8.24. The van der Waals surface area contributed by atoms with E-state index in [1.165, 1.54) is 15.2 Å². The van der Waals surface area contributed by atoms with Crippen LogP contribution in [0.15, 0.2) is 17.4 Å². The Balaban J connectivity index is 2.27. The maximum Gasteiger partial charge on any atom is 0.278 e. The van der Waals surface area contributed by atoms with Crippen LogP contribution in [0.3, 0.4) is 0 Å². The monoisotopic (exact) mass is 385 g/mol. The molecule has 2 aromatic rings. The Bertz CT molecular complexity index is 950. The first kappa shape index (κ1) is 18.7. The van der Waals surface area contributed by atoms with Crippen molar-refractivity contribution >= 4 is 29.3 Å². The van der Waals surface area contributed by atoms with E-state index in [0.29, 0.717) is 0 Å². The second-order valence-corrected chi connectivity index (χ2v) is 6.26. The summed E-state index contributed by atoms with van der Waals surface area (Å²) in [6, 6.07) is 0. The summed E-state index contributed by atoms with van der Waals surface area (Å²) in [6.45, 7) is 3.19. The highest BCUT2D eigenvalue weighted by molar-refractivity contribution is 7.71. The van der Waals surface area contributed by atoms with Crippen LogP contribution >= 0.6 is 12.2 Å². The zero-order valence-corrected chi connectivity index (χ0v) is 14.3. The second-order valence-electron chi connectivity index (χ2n) is 5.89. The minimum Gasteiger partial charge on any atom is -0.394 e. The van der Waals surface area contributed by atoms with Gasteiger partial charge in [0.15, 0.2) is 22.2 Å². The van der Waals surface area contributed by atoms with Gasteiger partial charge in [-0.1, -0.05) is 6.08 Å². The van der Waals surface area contributed by atoms with Gasteiger partial charge in [-0.3, -0.25) is 14.3 Å². The Hall–Kier alpha value is -2.09. The van der Waals surface area contributed by atoms with E-state index in [9.17, 15) is 25.2 Å². The summed E-state index contributed by atoms with van der Waals surface area (Å²) in [6.07, 6.45) is -5.65. The fraction of sp³-hybridized carbons (Fsp3) is 0.500. The van der Waals surface area contributed by atoms with E-state index < -0.39 is 42.8 Å². The van der Waals surface area contributed by atoms with E-state index in [-0.39, 0.29) is 28.4 Å². The molecule has 3 unspecified atom stereocenters. The van der Waals surface area contributed by atoms with Gasteiger partial charge in [0.1, 0.15) is 24.4 Å². The number of hydrogen-bond acceptors (Lipinski definition) is 9. The van der Waals surface area contributed by atoms with Crippen LogP contribution < -0.4 is 11.3 Å². The van der Waals surface area contributed by atoms with E-state index in [2.05, 4.69) is 16.5 Å². The summed E-state index contributed by atoms with van der Waals surface area (Å²) in [5.74, 6) is -0.174. The Morgan fingerprint density at radius 1 is 1.35 bits per heavy atom. The molecule has 0 bridgehead atoms. The molecule has 0 spiro atoms. The van der Waals surface area contributed by atoms with E-state index >= 15 is 0 Å². The van der Waals surface area contributed by atoms with Crippen molar-refractivity contribution in [1.82, 2.24) is 19.1 Å². The third kappa shape index (κ3) is 2.76. The number of aliphatic hydroxyl groups is 4. The molecule has 1 saturated heterocycles. The molecule has 3 heterocycles. The van der Waals surface area contributed by atoms with Crippen LogP contribution in [0.4, 0.5) is 5.95 Å². The summed E-state index contributed by atoms with van der Waals surface area (Å²) >= 11 is 5.38. The highest BCUT2D eigenvalue weighted by atomic mass is 32.1. The molecule has 0 saturated carbocycles. The number of nitrogen functional groups attached to an aromatic ring is 1. The molecule has 0 amide bonds. The standard InChI is InChI=1S/C14H19N5O6S/c1-2-3-18-6-10(16-13(15)17-11(6)24)19(14(18)26)12-9(23)8(22)7(21)5(4-20)25-12/h2,5,7-9,12,20-23H,1,3-4H2,(H3,15,16,17,24)/t5?,7-,8?,9-,12?/m1/s1. The highest BCUT2D eigenvalue weighted by Crippen LogP contribution is 2.31. The molecule has 0 radical (unpaired) electrons. The number of nitrogens with two attached hydrogens (primary N) is 1. The number of aromatic amines is 1. The topological polar surface area (TPSA) is 172 Å². The van der Waals surface area contributed by atoms with Crippen molar-refractivity contribution in [1.29, 1.82) is 0 Å². The van der Waals surface area contributed by atoms with Crippen LogP contribution in [-0.4, -0.2) is 70.6 Å². The molecule has 1 aliphatic rings. The molecule has 0 aromatic carbocycles. The SMILES string of the molecule is C=CCn1c(=S)n(C2OC(CO)[C@@H](O)C(O)[C@H]2O)c2nc(N)[nH]c(=O)c21. The molecule has 11 nitrogen and oxygen atoms in total. The first-order valence-corrected chi connectivity index (χ1v) is 8.14. The lowest BCUT2D eigenvalue weighted by molar-refractivity contribution is -0.250. The van der Waals surface area contributed by atoms with Gasteiger partial charge in [-0.05, 0) is 12.2 Å². The van der Waals surface area contributed by atoms with Gasteiger partial charge >= 0.3 is 0 Å². The summed E-state index contributed by atoms with van der Waals surface area (Å²) in [5, 5.41) is 39.7. The average Bonchev–Trinajstić information content (AvgIpc) is 2.86. The smallest absolute Gasteiger partial charge is 0.278 e. The fourth-order valence-corrected chi connectivity index (χ4v) is 3.38. The maximum absolute atomic E-state index is 12.3. The Morgan fingerprint density at radius 3 is 2.65 bits per heavy atom. The molecule has 0 aliphatic carbocycles. The van der Waals surface area contributed by atoms with E-state index in [4.69, 9.17) is 22.7 Å². The summed E-state index contributed by atoms with van der Waals surface area (Å²) in [5.41, 5.74) is 5.18. The van der Waals surface area contributed by atoms with Crippen molar-refractivity contribution in [2.75, 3.05) is 12.3 Å². The quantitative estimate of drug-likeness (QED) is 0.257. The molecular weight excluding hydrogens is 366 g/mol. The predicted octanol–water partition coefficient (Wildman–Crippen LogP) is -2.00. The predicted molar refractivity (Wildman–Crippen MR) is 92.8 cm³/mol. The second kappa shape index (κ2) is 6.90. The molecule has 1 aliphatic heterocycles. The number of anilines is 1. The van der Waals surface area contributed by atoms with Crippen molar-refractivity contribution in [2.45, 2.75) is 37.2 Å². The van der Waals surface area contributed by atoms with Gasteiger partial charge < -0.3 is 35.5 Å². The molecule has 2 aromatic heterocycles. The van der Waals surface area contributed by atoms with Crippen LogP contribution in [-0.2, 0) is 11.3 Å². The van der Waals surface area contributed by atoms with Crippen molar-refractivity contribution in [2.24, 2.45) is 0 Å². The number of aliphatic hydroxyl groups excluding tert-OH is 4. The summed E-state index contributed by atoms with van der Waals surface area (Å²) in [4.78, 5) is 18.8. The lowest BCUT2D eigenvalue weighted by Crippen LogP contribution is -2.56. The van der Waals surface area contributed by atoms with Crippen molar-refractivity contribution < 1.29 is 25.2 Å². The zero-order chi connectivity index (χ0) is 19.2. The zero-order valence-electron chi connectivity index (χ0n) is 13.5. The fourth-order valence-electron chi connectivity index (χ4n) is 3.02. The number of allylic oxidation sites excluding steroid dienone is 1. The first-order valence-electron chi connectivity index (χ1n) is 7.73.